The number of halogens is 1. The topological polar surface area (TPSA) is 66.5 Å². The standard InChI is InChI=1S/C18H27ClN2O3S/c1-13(2)14(3)20-18(22)16-12-15(8-9-17(16)19)25(23,24)21-10-6-4-5-7-11-21/h8-9,12-14H,4-7,10-11H2,1-3H3,(H,20,22)/t14-/m1/s1. The molecule has 1 N–H and O–H groups in total. The summed E-state index contributed by atoms with van der Waals surface area (Å²) < 4.78 is 27.3. The van der Waals surface area contributed by atoms with Crippen LogP contribution >= 0.6 is 11.6 Å². The number of hydrogen-bond acceptors (Lipinski definition) is 3. The molecule has 0 aromatic heterocycles. The monoisotopic (exact) mass is 386 g/mol. The fourth-order valence-electron chi connectivity index (χ4n) is 2.72. The van der Waals surface area contributed by atoms with Gasteiger partial charge in [-0.25, -0.2) is 8.42 Å². The molecule has 1 aliphatic heterocycles. The number of hydrogen-bond donors (Lipinski definition) is 1. The van der Waals surface area contributed by atoms with Crippen LogP contribution in [0.15, 0.2) is 23.1 Å². The van der Waals surface area contributed by atoms with Crippen molar-refractivity contribution in [1.82, 2.24) is 9.62 Å². The first-order chi connectivity index (χ1) is 11.7. The third kappa shape index (κ3) is 4.96. The second-order valence-electron chi connectivity index (χ2n) is 6.97. The lowest BCUT2D eigenvalue weighted by Gasteiger charge is -2.21. The quantitative estimate of drug-likeness (QED) is 0.839. The number of nitrogens with zero attached hydrogens (tertiary/aromatic N) is 1. The summed E-state index contributed by atoms with van der Waals surface area (Å²) >= 11 is 6.15. The molecular formula is C18H27ClN2O3S. The molecule has 140 valence electrons. The van der Waals surface area contributed by atoms with Gasteiger partial charge in [-0.2, -0.15) is 4.31 Å². The molecule has 0 unspecified atom stereocenters. The van der Waals surface area contributed by atoms with Crippen LogP contribution < -0.4 is 5.32 Å². The number of benzene rings is 1. The van der Waals surface area contributed by atoms with E-state index in [1.807, 2.05) is 20.8 Å². The Balaban J connectivity index is 2.29. The lowest BCUT2D eigenvalue weighted by Crippen LogP contribution is -2.36. The van der Waals surface area contributed by atoms with E-state index in [0.29, 0.717) is 13.1 Å². The molecule has 1 aromatic carbocycles. The second-order valence-corrected chi connectivity index (χ2v) is 9.31. The summed E-state index contributed by atoms with van der Waals surface area (Å²) in [6.45, 7) is 6.97. The van der Waals surface area contributed by atoms with Crippen molar-refractivity contribution in [2.24, 2.45) is 5.92 Å². The highest BCUT2D eigenvalue weighted by molar-refractivity contribution is 7.89. The molecule has 1 aromatic rings. The van der Waals surface area contributed by atoms with Crippen LogP contribution in [0.1, 0.15) is 56.8 Å². The van der Waals surface area contributed by atoms with E-state index in [-0.39, 0.29) is 33.3 Å². The van der Waals surface area contributed by atoms with Crippen molar-refractivity contribution in [1.29, 1.82) is 0 Å². The van der Waals surface area contributed by atoms with Crippen LogP contribution in [0.2, 0.25) is 5.02 Å². The number of carbonyl (C=O) groups is 1. The highest BCUT2D eigenvalue weighted by atomic mass is 35.5. The van der Waals surface area contributed by atoms with E-state index in [2.05, 4.69) is 5.32 Å². The first kappa shape index (κ1) is 20.2. The van der Waals surface area contributed by atoms with E-state index in [9.17, 15) is 13.2 Å². The predicted octanol–water partition coefficient (Wildman–Crippen LogP) is 3.68. The average Bonchev–Trinajstić information content (AvgIpc) is 2.84. The third-order valence-electron chi connectivity index (χ3n) is 4.74. The highest BCUT2D eigenvalue weighted by Gasteiger charge is 2.27. The average molecular weight is 387 g/mol. The van der Waals surface area contributed by atoms with Gasteiger partial charge in [-0.05, 0) is 43.9 Å². The van der Waals surface area contributed by atoms with E-state index < -0.39 is 10.0 Å². The molecule has 1 fully saturated rings. The fraction of sp³-hybridized carbons (Fsp3) is 0.611. The number of carbonyl (C=O) groups excluding carboxylic acids is 1. The zero-order chi connectivity index (χ0) is 18.6. The van der Waals surface area contributed by atoms with Gasteiger partial charge in [0.1, 0.15) is 0 Å². The third-order valence-corrected chi connectivity index (χ3v) is 6.97. The minimum absolute atomic E-state index is 0.0329. The van der Waals surface area contributed by atoms with E-state index in [1.54, 1.807) is 0 Å². The fourth-order valence-corrected chi connectivity index (χ4v) is 4.47. The largest absolute Gasteiger partial charge is 0.349 e. The Morgan fingerprint density at radius 1 is 1.12 bits per heavy atom. The van der Waals surface area contributed by atoms with Crippen LogP contribution in [-0.2, 0) is 10.0 Å². The Kier molecular flexibility index (Phi) is 6.88. The SMILES string of the molecule is CC(C)[C@@H](C)NC(=O)c1cc(S(=O)(=O)N2CCCCCC2)ccc1Cl. The Morgan fingerprint density at radius 3 is 2.28 bits per heavy atom. The molecule has 2 rings (SSSR count). The Labute approximate surface area is 155 Å². The van der Waals surface area contributed by atoms with Gasteiger partial charge in [0.05, 0.1) is 15.5 Å². The lowest BCUT2D eigenvalue weighted by molar-refractivity contribution is 0.0930. The first-order valence-corrected chi connectivity index (χ1v) is 10.7. The molecule has 0 aliphatic carbocycles. The van der Waals surface area contributed by atoms with Crippen molar-refractivity contribution in [2.45, 2.75) is 57.4 Å². The molecular weight excluding hydrogens is 360 g/mol. The predicted molar refractivity (Wildman–Crippen MR) is 100 cm³/mol. The molecule has 0 saturated carbocycles. The summed E-state index contributed by atoms with van der Waals surface area (Å²) in [5, 5.41) is 3.13. The van der Waals surface area contributed by atoms with Gasteiger partial charge in [0, 0.05) is 19.1 Å². The Hall–Kier alpha value is -1.11. The van der Waals surface area contributed by atoms with E-state index in [4.69, 9.17) is 11.6 Å². The van der Waals surface area contributed by atoms with Crippen molar-refractivity contribution in [3.05, 3.63) is 28.8 Å². The molecule has 25 heavy (non-hydrogen) atoms. The number of sulfonamides is 1. The summed E-state index contributed by atoms with van der Waals surface area (Å²) in [5.74, 6) is -0.0779. The van der Waals surface area contributed by atoms with Crippen molar-refractivity contribution >= 4 is 27.5 Å². The minimum Gasteiger partial charge on any atom is -0.349 e. The zero-order valence-electron chi connectivity index (χ0n) is 15.1. The highest BCUT2D eigenvalue weighted by Crippen LogP contribution is 2.25. The molecule has 7 heteroatoms. The van der Waals surface area contributed by atoms with Crippen LogP contribution in [0.25, 0.3) is 0 Å². The molecule has 0 spiro atoms. The molecule has 0 bridgehead atoms. The smallest absolute Gasteiger partial charge is 0.253 e. The second kappa shape index (κ2) is 8.52. The maximum Gasteiger partial charge on any atom is 0.253 e. The molecule has 1 saturated heterocycles. The Morgan fingerprint density at radius 2 is 1.72 bits per heavy atom. The summed E-state index contributed by atoms with van der Waals surface area (Å²) in [7, 11) is -3.61. The molecule has 1 atom stereocenters. The van der Waals surface area contributed by atoms with E-state index >= 15 is 0 Å². The van der Waals surface area contributed by atoms with Gasteiger partial charge in [-0.1, -0.05) is 38.3 Å². The Bertz CT molecular complexity index is 711. The van der Waals surface area contributed by atoms with Crippen molar-refractivity contribution in [2.75, 3.05) is 13.1 Å². The van der Waals surface area contributed by atoms with Crippen LogP contribution in [-0.4, -0.2) is 37.8 Å². The molecule has 5 nitrogen and oxygen atoms in total. The van der Waals surface area contributed by atoms with Gasteiger partial charge in [0.15, 0.2) is 0 Å². The molecule has 1 heterocycles. The van der Waals surface area contributed by atoms with Crippen LogP contribution in [0.5, 0.6) is 0 Å². The van der Waals surface area contributed by atoms with Crippen molar-refractivity contribution < 1.29 is 13.2 Å². The molecule has 0 radical (unpaired) electrons. The maximum atomic E-state index is 12.9. The van der Waals surface area contributed by atoms with Crippen LogP contribution in [0.4, 0.5) is 0 Å². The number of rotatable bonds is 5. The summed E-state index contributed by atoms with van der Waals surface area (Å²) in [6.07, 6.45) is 3.83. The molecule has 1 aliphatic rings. The van der Waals surface area contributed by atoms with Gasteiger partial charge in [0.25, 0.3) is 5.91 Å². The normalized spacial score (nSPS) is 18.0. The van der Waals surface area contributed by atoms with Gasteiger partial charge < -0.3 is 5.32 Å². The first-order valence-electron chi connectivity index (χ1n) is 8.84. The van der Waals surface area contributed by atoms with Crippen LogP contribution in [0.3, 0.4) is 0 Å². The summed E-state index contributed by atoms with van der Waals surface area (Å²) in [5.41, 5.74) is 0.199. The minimum atomic E-state index is -3.61. The van der Waals surface area contributed by atoms with Gasteiger partial charge >= 0.3 is 0 Å². The number of nitrogens with one attached hydrogen (secondary N) is 1. The number of amides is 1. The lowest BCUT2D eigenvalue weighted by atomic mass is 10.1. The van der Waals surface area contributed by atoms with Crippen LogP contribution in [0, 0.1) is 5.92 Å². The van der Waals surface area contributed by atoms with E-state index in [0.717, 1.165) is 25.7 Å². The van der Waals surface area contributed by atoms with Gasteiger partial charge in [-0.3, -0.25) is 4.79 Å². The maximum absolute atomic E-state index is 12.9. The summed E-state index contributed by atoms with van der Waals surface area (Å²) in [4.78, 5) is 12.6. The van der Waals surface area contributed by atoms with Crippen molar-refractivity contribution in [3.8, 4) is 0 Å². The van der Waals surface area contributed by atoms with Gasteiger partial charge in [0.2, 0.25) is 10.0 Å². The van der Waals surface area contributed by atoms with Gasteiger partial charge in [-0.15, -0.1) is 0 Å². The molecule has 1 amide bonds. The van der Waals surface area contributed by atoms with Crippen molar-refractivity contribution in [3.63, 3.8) is 0 Å². The summed E-state index contributed by atoms with van der Waals surface area (Å²) in [6, 6.07) is 4.33. The zero-order valence-corrected chi connectivity index (χ0v) is 16.7. The van der Waals surface area contributed by atoms with E-state index in [1.165, 1.54) is 22.5 Å².